The molecule has 132 valence electrons. The Labute approximate surface area is 144 Å². The van der Waals surface area contributed by atoms with Gasteiger partial charge in [-0.05, 0) is 43.9 Å². The van der Waals surface area contributed by atoms with E-state index >= 15 is 0 Å². The number of carbonyl (C=O) groups excluding carboxylic acids is 1. The lowest BCUT2D eigenvalue weighted by atomic mass is 9.95. The van der Waals surface area contributed by atoms with E-state index in [2.05, 4.69) is 5.32 Å². The van der Waals surface area contributed by atoms with Gasteiger partial charge in [0.2, 0.25) is 0 Å². The molecule has 1 aliphatic heterocycles. The van der Waals surface area contributed by atoms with Gasteiger partial charge in [0.05, 0.1) is 20.3 Å². The third kappa shape index (κ3) is 3.60. The summed E-state index contributed by atoms with van der Waals surface area (Å²) in [7, 11) is 3.33. The molecular formula is C19H28N2O3. The Morgan fingerprint density at radius 3 is 2.58 bits per heavy atom. The van der Waals surface area contributed by atoms with E-state index in [9.17, 15) is 4.79 Å². The van der Waals surface area contributed by atoms with Gasteiger partial charge in [-0.1, -0.05) is 19.3 Å². The Kier molecular flexibility index (Phi) is 5.48. The lowest BCUT2D eigenvalue weighted by molar-refractivity contribution is 0.184. The summed E-state index contributed by atoms with van der Waals surface area (Å²) >= 11 is 0. The summed E-state index contributed by atoms with van der Waals surface area (Å²) in [5, 5.41) is 3.24. The fraction of sp³-hybridized carbons (Fsp3) is 0.632. The number of methoxy groups -OCH3 is 2. The van der Waals surface area contributed by atoms with Crippen LogP contribution < -0.4 is 14.8 Å². The smallest absolute Gasteiger partial charge is 0.318 e. The van der Waals surface area contributed by atoms with E-state index < -0.39 is 0 Å². The molecule has 24 heavy (non-hydrogen) atoms. The number of amides is 2. The van der Waals surface area contributed by atoms with E-state index in [4.69, 9.17) is 9.47 Å². The molecule has 1 saturated carbocycles. The normalized spacial score (nSPS) is 21.6. The highest BCUT2D eigenvalue weighted by atomic mass is 16.5. The molecule has 2 amide bonds. The first-order valence-corrected chi connectivity index (χ1v) is 9.02. The Hall–Kier alpha value is -1.91. The lowest BCUT2D eigenvalue weighted by Gasteiger charge is -2.30. The molecule has 5 heteroatoms. The van der Waals surface area contributed by atoms with Crippen LogP contribution in [0.3, 0.4) is 0 Å². The summed E-state index contributed by atoms with van der Waals surface area (Å²) in [5.41, 5.74) is 1.04. The van der Waals surface area contributed by atoms with Crippen molar-refractivity contribution < 1.29 is 14.3 Å². The molecule has 0 unspecified atom stereocenters. The maximum atomic E-state index is 12.8. The van der Waals surface area contributed by atoms with Crippen molar-refractivity contribution in [1.29, 1.82) is 0 Å². The van der Waals surface area contributed by atoms with Gasteiger partial charge in [0.25, 0.3) is 0 Å². The van der Waals surface area contributed by atoms with Gasteiger partial charge in [0.15, 0.2) is 0 Å². The van der Waals surface area contributed by atoms with E-state index in [0.29, 0.717) is 6.04 Å². The van der Waals surface area contributed by atoms with Crippen molar-refractivity contribution in [3.05, 3.63) is 23.8 Å². The average molecular weight is 332 g/mol. The molecule has 0 spiro atoms. The minimum absolute atomic E-state index is 0.0543. The van der Waals surface area contributed by atoms with Gasteiger partial charge >= 0.3 is 6.03 Å². The molecule has 1 aliphatic carbocycles. The van der Waals surface area contributed by atoms with Crippen molar-refractivity contribution in [3.63, 3.8) is 0 Å². The molecular weight excluding hydrogens is 304 g/mol. The predicted molar refractivity (Wildman–Crippen MR) is 93.6 cm³/mol. The molecule has 2 aliphatic rings. The Morgan fingerprint density at radius 2 is 1.88 bits per heavy atom. The highest BCUT2D eigenvalue weighted by molar-refractivity contribution is 5.75. The predicted octanol–water partition coefficient (Wildman–Crippen LogP) is 3.88. The second-order valence-electron chi connectivity index (χ2n) is 6.74. The Balaban J connectivity index is 1.76. The number of urea groups is 1. The van der Waals surface area contributed by atoms with Crippen LogP contribution in [0.2, 0.25) is 0 Å². The summed E-state index contributed by atoms with van der Waals surface area (Å²) in [6, 6.07) is 6.26. The number of likely N-dealkylation sites (tertiary alicyclic amines) is 1. The van der Waals surface area contributed by atoms with E-state index in [1.54, 1.807) is 14.2 Å². The van der Waals surface area contributed by atoms with Gasteiger partial charge in [-0.25, -0.2) is 4.79 Å². The van der Waals surface area contributed by atoms with E-state index in [1.165, 1.54) is 19.3 Å². The number of benzene rings is 1. The monoisotopic (exact) mass is 332 g/mol. The van der Waals surface area contributed by atoms with Crippen molar-refractivity contribution >= 4 is 6.03 Å². The number of rotatable bonds is 4. The van der Waals surface area contributed by atoms with Crippen LogP contribution in [0.1, 0.15) is 56.6 Å². The highest BCUT2D eigenvalue weighted by Crippen LogP contribution is 2.39. The third-order valence-electron chi connectivity index (χ3n) is 5.24. The SMILES string of the molecule is COc1ccc(OC)c([C@@H]2CCCN2C(=O)NC2CCCCC2)c1. The summed E-state index contributed by atoms with van der Waals surface area (Å²) < 4.78 is 10.9. The maximum absolute atomic E-state index is 12.8. The molecule has 1 saturated heterocycles. The van der Waals surface area contributed by atoms with Crippen LogP contribution in [0.25, 0.3) is 0 Å². The number of hydrogen-bond acceptors (Lipinski definition) is 3. The minimum atomic E-state index is 0.0543. The maximum Gasteiger partial charge on any atom is 0.318 e. The molecule has 3 rings (SSSR count). The first-order chi connectivity index (χ1) is 11.7. The first kappa shape index (κ1) is 16.9. The van der Waals surface area contributed by atoms with Crippen LogP contribution >= 0.6 is 0 Å². The standard InChI is InChI=1S/C19H28N2O3/c1-23-15-10-11-18(24-2)16(13-15)17-9-6-12-21(17)19(22)20-14-7-4-3-5-8-14/h10-11,13-14,17H,3-9,12H2,1-2H3,(H,20,22)/t17-/m0/s1. The zero-order valence-electron chi connectivity index (χ0n) is 14.7. The molecule has 2 fully saturated rings. The molecule has 0 aromatic heterocycles. The van der Waals surface area contributed by atoms with Gasteiger partial charge in [-0.3, -0.25) is 0 Å². The summed E-state index contributed by atoms with van der Waals surface area (Å²) in [5.74, 6) is 1.61. The van der Waals surface area contributed by atoms with E-state index in [1.807, 2.05) is 23.1 Å². The fourth-order valence-electron chi connectivity index (χ4n) is 3.94. The van der Waals surface area contributed by atoms with Crippen molar-refractivity contribution in [1.82, 2.24) is 10.2 Å². The molecule has 0 bridgehead atoms. The van der Waals surface area contributed by atoms with E-state index in [-0.39, 0.29) is 12.1 Å². The molecule has 1 heterocycles. The molecule has 5 nitrogen and oxygen atoms in total. The topological polar surface area (TPSA) is 50.8 Å². The number of carbonyl (C=O) groups is 1. The summed E-state index contributed by atoms with van der Waals surface area (Å²) in [6.07, 6.45) is 7.92. The van der Waals surface area contributed by atoms with Crippen molar-refractivity contribution in [2.75, 3.05) is 20.8 Å². The number of ether oxygens (including phenoxy) is 2. The minimum Gasteiger partial charge on any atom is -0.497 e. The van der Waals surface area contributed by atoms with Crippen molar-refractivity contribution in [2.24, 2.45) is 0 Å². The molecule has 1 aromatic rings. The van der Waals surface area contributed by atoms with Gasteiger partial charge in [0.1, 0.15) is 11.5 Å². The summed E-state index contributed by atoms with van der Waals surface area (Å²) in [4.78, 5) is 14.8. The number of nitrogens with one attached hydrogen (secondary N) is 1. The largest absolute Gasteiger partial charge is 0.497 e. The number of nitrogens with zero attached hydrogens (tertiary/aromatic N) is 1. The van der Waals surface area contributed by atoms with Crippen LogP contribution in [-0.4, -0.2) is 37.7 Å². The van der Waals surface area contributed by atoms with Crippen molar-refractivity contribution in [2.45, 2.75) is 57.0 Å². The van der Waals surface area contributed by atoms with E-state index in [0.717, 1.165) is 49.3 Å². The number of hydrogen-bond donors (Lipinski definition) is 1. The zero-order chi connectivity index (χ0) is 16.9. The quantitative estimate of drug-likeness (QED) is 0.910. The van der Waals surface area contributed by atoms with Crippen LogP contribution in [0.4, 0.5) is 4.79 Å². The Bertz CT molecular complexity index is 570. The van der Waals surface area contributed by atoms with Crippen LogP contribution in [0.15, 0.2) is 18.2 Å². The fourth-order valence-corrected chi connectivity index (χ4v) is 3.94. The van der Waals surface area contributed by atoms with Crippen molar-refractivity contribution in [3.8, 4) is 11.5 Å². The van der Waals surface area contributed by atoms with Crippen LogP contribution in [-0.2, 0) is 0 Å². The second-order valence-corrected chi connectivity index (χ2v) is 6.74. The molecule has 0 radical (unpaired) electrons. The Morgan fingerprint density at radius 1 is 1.08 bits per heavy atom. The second kappa shape index (κ2) is 7.77. The van der Waals surface area contributed by atoms with Gasteiger partial charge in [-0.2, -0.15) is 0 Å². The zero-order valence-corrected chi connectivity index (χ0v) is 14.7. The lowest BCUT2D eigenvalue weighted by Crippen LogP contribution is -2.45. The van der Waals surface area contributed by atoms with Crippen LogP contribution in [0.5, 0.6) is 11.5 Å². The average Bonchev–Trinajstić information content (AvgIpc) is 3.11. The molecule has 1 aromatic carbocycles. The summed E-state index contributed by atoms with van der Waals surface area (Å²) in [6.45, 7) is 0.795. The third-order valence-corrected chi connectivity index (χ3v) is 5.24. The highest BCUT2D eigenvalue weighted by Gasteiger charge is 2.33. The first-order valence-electron chi connectivity index (χ1n) is 9.02. The molecule has 1 N–H and O–H groups in total. The van der Waals surface area contributed by atoms with Gasteiger partial charge in [0, 0.05) is 18.2 Å². The van der Waals surface area contributed by atoms with Gasteiger partial charge in [-0.15, -0.1) is 0 Å². The molecule has 1 atom stereocenters. The van der Waals surface area contributed by atoms with Crippen LogP contribution in [0, 0.1) is 0 Å². The van der Waals surface area contributed by atoms with Gasteiger partial charge < -0.3 is 19.7 Å².